The van der Waals surface area contributed by atoms with E-state index >= 15 is 0 Å². The second-order valence-corrected chi connectivity index (χ2v) is 11.9. The lowest BCUT2D eigenvalue weighted by atomic mass is 10.0. The smallest absolute Gasteiger partial charge is 0.339 e. The molecule has 2 saturated heterocycles. The van der Waals surface area contributed by atoms with Crippen molar-refractivity contribution >= 4 is 32.4 Å². The van der Waals surface area contributed by atoms with Gasteiger partial charge in [0.15, 0.2) is 15.6 Å². The third-order valence-electron chi connectivity index (χ3n) is 7.00. The molecule has 2 aliphatic rings. The van der Waals surface area contributed by atoms with Gasteiger partial charge in [0.2, 0.25) is 5.91 Å². The quantitative estimate of drug-likeness (QED) is 0.434. The van der Waals surface area contributed by atoms with E-state index in [0.29, 0.717) is 49.1 Å². The number of alkyl halides is 3. The van der Waals surface area contributed by atoms with Crippen LogP contribution in [0, 0.1) is 0 Å². The fourth-order valence-electron chi connectivity index (χ4n) is 4.98. The number of hydrogen-bond donors (Lipinski definition) is 0. The number of sulfone groups is 1. The van der Waals surface area contributed by atoms with Crippen molar-refractivity contribution in [2.24, 2.45) is 0 Å². The Morgan fingerprint density at radius 3 is 2.50 bits per heavy atom. The monoisotopic (exact) mass is 549 g/mol. The summed E-state index contributed by atoms with van der Waals surface area (Å²) in [4.78, 5) is 32.8. The molecular formula is C25H26F3N5O4S. The van der Waals surface area contributed by atoms with Crippen molar-refractivity contribution in [3.05, 3.63) is 59.5 Å². The second-order valence-electron chi connectivity index (χ2n) is 9.70. The van der Waals surface area contributed by atoms with Crippen molar-refractivity contribution in [2.45, 2.75) is 31.6 Å². The summed E-state index contributed by atoms with van der Waals surface area (Å²) >= 11 is 0. The van der Waals surface area contributed by atoms with Gasteiger partial charge in [0.25, 0.3) is 0 Å². The van der Waals surface area contributed by atoms with Gasteiger partial charge in [-0.05, 0) is 36.2 Å². The number of aromatic nitrogens is 3. The SMILES string of the molecule is O=C(Cc1ccc2nn(CC(=O)N3CCN(C4CCS(=O)(=O)C4)CC3)cc2c1)c1cccc(C(F)(F)F)n1. The van der Waals surface area contributed by atoms with Crippen LogP contribution < -0.4 is 0 Å². The van der Waals surface area contributed by atoms with Crippen molar-refractivity contribution in [1.29, 1.82) is 0 Å². The van der Waals surface area contributed by atoms with Crippen LogP contribution in [0.5, 0.6) is 0 Å². The molecule has 202 valence electrons. The first-order valence-electron chi connectivity index (χ1n) is 12.2. The first-order chi connectivity index (χ1) is 18.0. The molecule has 0 aliphatic carbocycles. The zero-order valence-corrected chi connectivity index (χ0v) is 21.2. The molecule has 2 fully saturated rings. The Kier molecular flexibility index (Phi) is 6.99. The highest BCUT2D eigenvalue weighted by molar-refractivity contribution is 7.91. The molecule has 4 heterocycles. The summed E-state index contributed by atoms with van der Waals surface area (Å²) < 4.78 is 63.8. The Bertz CT molecular complexity index is 1480. The van der Waals surface area contributed by atoms with Crippen molar-refractivity contribution in [3.8, 4) is 0 Å². The number of fused-ring (bicyclic) bond motifs is 1. The van der Waals surface area contributed by atoms with E-state index in [-0.39, 0.29) is 42.1 Å². The summed E-state index contributed by atoms with van der Waals surface area (Å²) in [7, 11) is -2.96. The number of amides is 1. The highest BCUT2D eigenvalue weighted by atomic mass is 32.2. The third kappa shape index (κ3) is 5.88. The molecule has 1 amide bonds. The molecule has 38 heavy (non-hydrogen) atoms. The summed E-state index contributed by atoms with van der Waals surface area (Å²) in [6.45, 7) is 2.34. The van der Waals surface area contributed by atoms with Crippen LogP contribution in [0.4, 0.5) is 13.2 Å². The third-order valence-corrected chi connectivity index (χ3v) is 8.75. The van der Waals surface area contributed by atoms with Crippen LogP contribution in [0.3, 0.4) is 0 Å². The number of benzene rings is 1. The Labute approximate surface area is 217 Å². The molecule has 0 spiro atoms. The Morgan fingerprint density at radius 2 is 1.82 bits per heavy atom. The molecule has 0 saturated carbocycles. The zero-order valence-electron chi connectivity index (χ0n) is 20.4. The zero-order chi connectivity index (χ0) is 27.1. The normalized spacial score (nSPS) is 20.2. The molecule has 3 aromatic rings. The molecule has 0 radical (unpaired) electrons. The molecule has 2 aromatic heterocycles. The van der Waals surface area contributed by atoms with Gasteiger partial charge in [-0.15, -0.1) is 0 Å². The van der Waals surface area contributed by atoms with E-state index < -0.39 is 27.5 Å². The number of ketones is 1. The maximum atomic E-state index is 12.9. The van der Waals surface area contributed by atoms with Crippen molar-refractivity contribution in [3.63, 3.8) is 0 Å². The highest BCUT2D eigenvalue weighted by Crippen LogP contribution is 2.27. The number of halogens is 3. The highest BCUT2D eigenvalue weighted by Gasteiger charge is 2.35. The van der Waals surface area contributed by atoms with E-state index in [4.69, 9.17) is 0 Å². The van der Waals surface area contributed by atoms with Crippen LogP contribution in [0.2, 0.25) is 0 Å². The standard InChI is InChI=1S/C25H26F3N5O4S/c26-25(27,28)23-3-1-2-21(29-23)22(34)13-17-4-5-20-18(12-17)14-33(30-20)15-24(35)32-9-7-31(8-10-32)19-6-11-38(36,37)16-19/h1-5,12,14,19H,6-11,13,15-16H2. The predicted octanol–water partition coefficient (Wildman–Crippen LogP) is 2.21. The number of piperazine rings is 1. The van der Waals surface area contributed by atoms with E-state index in [1.165, 1.54) is 10.7 Å². The van der Waals surface area contributed by atoms with Crippen molar-refractivity contribution in [2.75, 3.05) is 37.7 Å². The molecule has 1 aromatic carbocycles. The summed E-state index contributed by atoms with van der Waals surface area (Å²) in [5.74, 6) is -0.220. The first kappa shape index (κ1) is 26.3. The first-order valence-corrected chi connectivity index (χ1v) is 14.0. The van der Waals surface area contributed by atoms with Crippen LogP contribution in [0.1, 0.15) is 28.2 Å². The average Bonchev–Trinajstić information content (AvgIpc) is 3.45. The number of rotatable bonds is 6. The lowest BCUT2D eigenvalue weighted by molar-refractivity contribution is -0.141. The number of pyridine rings is 1. The van der Waals surface area contributed by atoms with Gasteiger partial charge in [0.1, 0.15) is 17.9 Å². The minimum absolute atomic E-state index is 0.0269. The van der Waals surface area contributed by atoms with Crippen LogP contribution in [-0.2, 0) is 33.8 Å². The molecule has 2 aliphatic heterocycles. The Hall–Kier alpha value is -3.32. The maximum absolute atomic E-state index is 12.9. The summed E-state index contributed by atoms with van der Waals surface area (Å²) in [5, 5.41) is 5.13. The summed E-state index contributed by atoms with van der Waals surface area (Å²) in [6.07, 6.45) is -2.42. The summed E-state index contributed by atoms with van der Waals surface area (Å²) in [6, 6.07) is 8.37. The molecule has 0 N–H and O–H groups in total. The number of nitrogens with zero attached hydrogens (tertiary/aromatic N) is 5. The van der Waals surface area contributed by atoms with Crippen molar-refractivity contribution in [1.82, 2.24) is 24.6 Å². The van der Waals surface area contributed by atoms with E-state index in [1.54, 1.807) is 29.3 Å². The fourth-order valence-corrected chi connectivity index (χ4v) is 6.74. The Balaban J connectivity index is 1.19. The minimum atomic E-state index is -4.63. The second kappa shape index (κ2) is 10.1. The minimum Gasteiger partial charge on any atom is -0.339 e. The number of carbonyl (C=O) groups is 2. The summed E-state index contributed by atoms with van der Waals surface area (Å²) in [5.41, 5.74) is -0.149. The molecule has 0 bridgehead atoms. The topological polar surface area (TPSA) is 105 Å². The lowest BCUT2D eigenvalue weighted by Crippen LogP contribution is -2.52. The number of Topliss-reactive ketones (excluding diaryl/α,β-unsaturated/α-hetero) is 1. The van der Waals surface area contributed by atoms with Gasteiger partial charge < -0.3 is 4.90 Å². The molecular weight excluding hydrogens is 523 g/mol. The van der Waals surface area contributed by atoms with E-state index in [0.717, 1.165) is 12.1 Å². The van der Waals surface area contributed by atoms with E-state index in [9.17, 15) is 31.2 Å². The average molecular weight is 550 g/mol. The van der Waals surface area contributed by atoms with Crippen molar-refractivity contribution < 1.29 is 31.2 Å². The number of carbonyl (C=O) groups excluding carboxylic acids is 2. The van der Waals surface area contributed by atoms with Gasteiger partial charge in [0.05, 0.1) is 17.0 Å². The Morgan fingerprint density at radius 1 is 1.05 bits per heavy atom. The van der Waals surface area contributed by atoms with Crippen LogP contribution in [-0.4, -0.2) is 88.4 Å². The van der Waals surface area contributed by atoms with Gasteiger partial charge in [-0.3, -0.25) is 19.2 Å². The van der Waals surface area contributed by atoms with Crippen LogP contribution in [0.25, 0.3) is 10.9 Å². The van der Waals surface area contributed by atoms with Crippen LogP contribution in [0.15, 0.2) is 42.6 Å². The number of hydrogen-bond acceptors (Lipinski definition) is 7. The predicted molar refractivity (Wildman–Crippen MR) is 132 cm³/mol. The fraction of sp³-hybridized carbons (Fsp3) is 0.440. The lowest BCUT2D eigenvalue weighted by Gasteiger charge is -2.37. The van der Waals surface area contributed by atoms with E-state index in [2.05, 4.69) is 15.0 Å². The van der Waals surface area contributed by atoms with Gasteiger partial charge >= 0.3 is 6.18 Å². The maximum Gasteiger partial charge on any atom is 0.433 e. The molecule has 5 rings (SSSR count). The largest absolute Gasteiger partial charge is 0.433 e. The van der Waals surface area contributed by atoms with Gasteiger partial charge in [0, 0.05) is 50.2 Å². The molecule has 13 heteroatoms. The molecule has 9 nitrogen and oxygen atoms in total. The molecule has 1 unspecified atom stereocenters. The van der Waals surface area contributed by atoms with Crippen LogP contribution >= 0.6 is 0 Å². The molecule has 1 atom stereocenters. The van der Waals surface area contributed by atoms with Gasteiger partial charge in [-0.1, -0.05) is 12.1 Å². The van der Waals surface area contributed by atoms with E-state index in [1.807, 2.05) is 0 Å². The van der Waals surface area contributed by atoms with Gasteiger partial charge in [-0.25, -0.2) is 13.4 Å². The van der Waals surface area contributed by atoms with Gasteiger partial charge in [-0.2, -0.15) is 18.3 Å².